The van der Waals surface area contributed by atoms with Gasteiger partial charge in [-0.3, -0.25) is 4.79 Å². The van der Waals surface area contributed by atoms with Crippen LogP contribution in [0.1, 0.15) is 30.8 Å². The molecule has 5 heteroatoms. The second-order valence-electron chi connectivity index (χ2n) is 3.90. The van der Waals surface area contributed by atoms with Gasteiger partial charge in [-0.25, -0.2) is 9.50 Å². The van der Waals surface area contributed by atoms with E-state index in [-0.39, 0.29) is 12.3 Å². The Kier molecular flexibility index (Phi) is 2.60. The highest BCUT2D eigenvalue weighted by Gasteiger charge is 2.14. The number of nitrogens with zero attached hydrogens (tertiary/aromatic N) is 3. The van der Waals surface area contributed by atoms with Crippen molar-refractivity contribution in [2.75, 3.05) is 0 Å². The SMILES string of the molecule is Cc1ncc2ccc(C(C)CC(=O)O)n2n1. The molecule has 2 aromatic rings. The maximum absolute atomic E-state index is 10.7. The second-order valence-corrected chi connectivity index (χ2v) is 3.90. The highest BCUT2D eigenvalue weighted by atomic mass is 16.4. The summed E-state index contributed by atoms with van der Waals surface area (Å²) in [7, 11) is 0. The quantitative estimate of drug-likeness (QED) is 0.851. The van der Waals surface area contributed by atoms with Gasteiger partial charge in [0.1, 0.15) is 5.82 Å². The molecule has 1 atom stereocenters. The van der Waals surface area contributed by atoms with Crippen molar-refractivity contribution in [3.8, 4) is 0 Å². The Morgan fingerprint density at radius 2 is 2.31 bits per heavy atom. The zero-order valence-electron chi connectivity index (χ0n) is 9.21. The number of rotatable bonds is 3. The first kappa shape index (κ1) is 10.6. The minimum absolute atomic E-state index is 0.0608. The van der Waals surface area contributed by atoms with Crippen molar-refractivity contribution in [1.82, 2.24) is 14.6 Å². The Balaban J connectivity index is 2.44. The van der Waals surface area contributed by atoms with E-state index >= 15 is 0 Å². The van der Waals surface area contributed by atoms with Gasteiger partial charge in [0.25, 0.3) is 0 Å². The number of hydrogen-bond acceptors (Lipinski definition) is 3. The molecule has 0 aromatic carbocycles. The lowest BCUT2D eigenvalue weighted by atomic mass is 10.0. The highest BCUT2D eigenvalue weighted by Crippen LogP contribution is 2.20. The second kappa shape index (κ2) is 3.92. The van der Waals surface area contributed by atoms with Crippen LogP contribution >= 0.6 is 0 Å². The van der Waals surface area contributed by atoms with Crippen LogP contribution in [0.4, 0.5) is 0 Å². The molecule has 0 aliphatic heterocycles. The standard InChI is InChI=1S/C11H13N3O2/c1-7(5-11(15)16)10-4-3-9-6-12-8(2)13-14(9)10/h3-4,6-7H,5H2,1-2H3,(H,15,16). The number of aryl methyl sites for hydroxylation is 1. The van der Waals surface area contributed by atoms with Crippen molar-refractivity contribution in [1.29, 1.82) is 0 Å². The molecule has 1 N–H and O–H groups in total. The summed E-state index contributed by atoms with van der Waals surface area (Å²) in [5.74, 6) is -0.185. The normalized spacial score (nSPS) is 12.9. The molecule has 0 radical (unpaired) electrons. The number of fused-ring (bicyclic) bond motifs is 1. The predicted molar refractivity (Wildman–Crippen MR) is 58.4 cm³/mol. The number of carboxylic acids is 1. The maximum atomic E-state index is 10.7. The van der Waals surface area contributed by atoms with Gasteiger partial charge in [0, 0.05) is 11.6 Å². The first-order chi connectivity index (χ1) is 7.58. The fraction of sp³-hybridized carbons (Fsp3) is 0.364. The number of aromatic nitrogens is 3. The van der Waals surface area contributed by atoms with Crippen molar-refractivity contribution in [3.63, 3.8) is 0 Å². The summed E-state index contributed by atoms with van der Waals surface area (Å²) in [5, 5.41) is 13.0. The monoisotopic (exact) mass is 219 g/mol. The van der Waals surface area contributed by atoms with E-state index in [1.807, 2.05) is 26.0 Å². The van der Waals surface area contributed by atoms with Gasteiger partial charge in [-0.2, -0.15) is 5.10 Å². The Morgan fingerprint density at radius 3 is 3.00 bits per heavy atom. The summed E-state index contributed by atoms with van der Waals surface area (Å²) in [4.78, 5) is 14.8. The minimum atomic E-state index is -0.798. The van der Waals surface area contributed by atoms with E-state index < -0.39 is 5.97 Å². The Labute approximate surface area is 92.7 Å². The summed E-state index contributed by atoms with van der Waals surface area (Å²) >= 11 is 0. The van der Waals surface area contributed by atoms with Gasteiger partial charge in [-0.1, -0.05) is 6.92 Å². The fourth-order valence-electron chi connectivity index (χ4n) is 1.74. The predicted octanol–water partition coefficient (Wildman–Crippen LogP) is 1.62. The number of aliphatic carboxylic acids is 1. The van der Waals surface area contributed by atoms with Gasteiger partial charge < -0.3 is 5.11 Å². The van der Waals surface area contributed by atoms with Gasteiger partial charge >= 0.3 is 5.97 Å². The molecule has 0 saturated heterocycles. The first-order valence-electron chi connectivity index (χ1n) is 5.11. The van der Waals surface area contributed by atoms with Crippen LogP contribution in [0.25, 0.3) is 5.52 Å². The molecule has 0 bridgehead atoms. The van der Waals surface area contributed by atoms with Gasteiger partial charge in [0.15, 0.2) is 0 Å². The molecular formula is C11H13N3O2. The van der Waals surface area contributed by atoms with E-state index in [2.05, 4.69) is 10.1 Å². The third kappa shape index (κ3) is 1.88. The summed E-state index contributed by atoms with van der Waals surface area (Å²) in [6.07, 6.45) is 1.84. The summed E-state index contributed by atoms with van der Waals surface area (Å²) in [6.45, 7) is 3.69. The van der Waals surface area contributed by atoms with Gasteiger partial charge in [-0.15, -0.1) is 0 Å². The van der Waals surface area contributed by atoms with Crippen molar-refractivity contribution in [2.24, 2.45) is 0 Å². The smallest absolute Gasteiger partial charge is 0.304 e. The van der Waals surface area contributed by atoms with Crippen LogP contribution in [-0.4, -0.2) is 25.7 Å². The van der Waals surface area contributed by atoms with E-state index in [4.69, 9.17) is 5.11 Å². The molecule has 2 heterocycles. The van der Waals surface area contributed by atoms with Crippen molar-refractivity contribution in [3.05, 3.63) is 29.8 Å². The molecule has 0 amide bonds. The molecule has 2 rings (SSSR count). The van der Waals surface area contributed by atoms with Gasteiger partial charge in [0.05, 0.1) is 18.1 Å². The number of hydrogen-bond donors (Lipinski definition) is 1. The Morgan fingerprint density at radius 1 is 1.56 bits per heavy atom. The number of carboxylic acid groups (broad SMARTS) is 1. The average Bonchev–Trinajstić information content (AvgIpc) is 2.59. The molecule has 0 saturated carbocycles. The Bertz CT molecular complexity index is 533. The third-order valence-corrected chi connectivity index (χ3v) is 2.53. The third-order valence-electron chi connectivity index (χ3n) is 2.53. The van der Waals surface area contributed by atoms with E-state index in [1.165, 1.54) is 0 Å². The van der Waals surface area contributed by atoms with Crippen LogP contribution in [0.3, 0.4) is 0 Å². The molecule has 0 spiro atoms. The topological polar surface area (TPSA) is 67.5 Å². The van der Waals surface area contributed by atoms with E-state index in [9.17, 15) is 4.79 Å². The molecule has 0 aliphatic rings. The summed E-state index contributed by atoms with van der Waals surface area (Å²) in [6, 6.07) is 3.80. The van der Waals surface area contributed by atoms with E-state index in [0.29, 0.717) is 5.82 Å². The maximum Gasteiger partial charge on any atom is 0.304 e. The molecule has 16 heavy (non-hydrogen) atoms. The Hall–Kier alpha value is -1.91. The first-order valence-corrected chi connectivity index (χ1v) is 5.11. The van der Waals surface area contributed by atoms with Gasteiger partial charge in [-0.05, 0) is 19.1 Å². The lowest BCUT2D eigenvalue weighted by Gasteiger charge is -2.08. The van der Waals surface area contributed by atoms with E-state index in [1.54, 1.807) is 10.7 Å². The fourth-order valence-corrected chi connectivity index (χ4v) is 1.74. The van der Waals surface area contributed by atoms with E-state index in [0.717, 1.165) is 11.2 Å². The molecule has 1 unspecified atom stereocenters. The number of carbonyl (C=O) groups is 1. The molecule has 2 aromatic heterocycles. The molecular weight excluding hydrogens is 206 g/mol. The summed E-state index contributed by atoms with van der Waals surface area (Å²) < 4.78 is 1.76. The largest absolute Gasteiger partial charge is 0.481 e. The van der Waals surface area contributed by atoms with Crippen molar-refractivity contribution >= 4 is 11.5 Å². The van der Waals surface area contributed by atoms with Crippen LogP contribution in [0.2, 0.25) is 0 Å². The zero-order chi connectivity index (χ0) is 11.7. The van der Waals surface area contributed by atoms with Crippen LogP contribution < -0.4 is 0 Å². The van der Waals surface area contributed by atoms with Crippen molar-refractivity contribution < 1.29 is 9.90 Å². The molecule has 5 nitrogen and oxygen atoms in total. The molecule has 0 aliphatic carbocycles. The minimum Gasteiger partial charge on any atom is -0.481 e. The highest BCUT2D eigenvalue weighted by molar-refractivity contribution is 5.68. The van der Waals surface area contributed by atoms with Crippen molar-refractivity contribution in [2.45, 2.75) is 26.2 Å². The van der Waals surface area contributed by atoms with Crippen LogP contribution in [0.15, 0.2) is 18.3 Å². The van der Waals surface area contributed by atoms with Crippen LogP contribution in [0.5, 0.6) is 0 Å². The lowest BCUT2D eigenvalue weighted by Crippen LogP contribution is -2.08. The summed E-state index contributed by atoms with van der Waals surface area (Å²) in [5.41, 5.74) is 1.79. The van der Waals surface area contributed by atoms with Crippen LogP contribution in [-0.2, 0) is 4.79 Å². The van der Waals surface area contributed by atoms with Gasteiger partial charge in [0.2, 0.25) is 0 Å². The molecule has 0 fully saturated rings. The molecule has 84 valence electrons. The average molecular weight is 219 g/mol. The lowest BCUT2D eigenvalue weighted by molar-refractivity contribution is -0.137. The zero-order valence-corrected chi connectivity index (χ0v) is 9.21. The van der Waals surface area contributed by atoms with Crippen LogP contribution in [0, 0.1) is 6.92 Å².